The number of benzene rings is 2. The summed E-state index contributed by atoms with van der Waals surface area (Å²) >= 11 is 1.31. The highest BCUT2D eigenvalue weighted by Crippen LogP contribution is 2.37. The lowest BCUT2D eigenvalue weighted by Crippen LogP contribution is -2.58. The van der Waals surface area contributed by atoms with Gasteiger partial charge >= 0.3 is 6.03 Å². The van der Waals surface area contributed by atoms with Crippen LogP contribution in [0.1, 0.15) is 17.8 Å². The van der Waals surface area contributed by atoms with E-state index in [1.807, 2.05) is 6.07 Å². The number of nitrogens with zero attached hydrogens (tertiary/aromatic N) is 4. The number of carbonyl (C=O) groups is 1. The van der Waals surface area contributed by atoms with Crippen LogP contribution in [0, 0.1) is 12.3 Å². The molecule has 3 heterocycles. The molecule has 5 rings (SSSR count). The Morgan fingerprint density at radius 2 is 1.86 bits per heavy atom. The molecule has 0 saturated carbocycles. The number of amides is 2. The molecule has 0 aliphatic carbocycles. The first-order valence-electron chi connectivity index (χ1n) is 12.0. The standard InChI is InChI=1S/C27H29N5O2S/c1-2-26-28-25(19-35-26)29-27(34)32-15-14-31(17-22(32)18-33)23-11-10-21(20-8-4-3-5-9-20)16-24(23)30-12-6-7-13-30/h1,3-5,8-11,16,19,22,33H,6-7,12-15,17-18H2,(H,29,34). The Morgan fingerprint density at radius 1 is 1.06 bits per heavy atom. The van der Waals surface area contributed by atoms with Crippen molar-refractivity contribution in [2.24, 2.45) is 0 Å². The predicted octanol–water partition coefficient (Wildman–Crippen LogP) is 4.11. The summed E-state index contributed by atoms with van der Waals surface area (Å²) in [6, 6.07) is 16.5. The zero-order valence-electron chi connectivity index (χ0n) is 19.6. The first-order valence-corrected chi connectivity index (χ1v) is 12.8. The van der Waals surface area contributed by atoms with Crippen molar-refractivity contribution in [2.75, 3.05) is 54.4 Å². The second-order valence-corrected chi connectivity index (χ2v) is 9.71. The van der Waals surface area contributed by atoms with Crippen LogP contribution in [0.5, 0.6) is 0 Å². The molecule has 180 valence electrons. The van der Waals surface area contributed by atoms with Crippen molar-refractivity contribution < 1.29 is 9.90 Å². The zero-order valence-corrected chi connectivity index (χ0v) is 20.4. The van der Waals surface area contributed by atoms with Gasteiger partial charge in [0.1, 0.15) is 5.82 Å². The molecule has 2 fully saturated rings. The van der Waals surface area contributed by atoms with Crippen molar-refractivity contribution in [3.8, 4) is 23.5 Å². The van der Waals surface area contributed by atoms with E-state index in [0.29, 0.717) is 30.5 Å². The summed E-state index contributed by atoms with van der Waals surface area (Å²) in [5, 5.41) is 15.2. The van der Waals surface area contributed by atoms with Gasteiger partial charge in [0.25, 0.3) is 0 Å². The van der Waals surface area contributed by atoms with E-state index in [9.17, 15) is 9.90 Å². The van der Waals surface area contributed by atoms with Crippen LogP contribution in [0.25, 0.3) is 11.1 Å². The first-order chi connectivity index (χ1) is 17.2. The van der Waals surface area contributed by atoms with Crippen LogP contribution in [0.4, 0.5) is 22.0 Å². The molecule has 2 saturated heterocycles. The van der Waals surface area contributed by atoms with Crippen molar-refractivity contribution in [2.45, 2.75) is 18.9 Å². The van der Waals surface area contributed by atoms with Gasteiger partial charge in [-0.3, -0.25) is 5.32 Å². The van der Waals surface area contributed by atoms with Gasteiger partial charge in [0, 0.05) is 38.1 Å². The number of hydrogen-bond donors (Lipinski definition) is 2. The van der Waals surface area contributed by atoms with Gasteiger partial charge in [-0.25, -0.2) is 9.78 Å². The van der Waals surface area contributed by atoms with Crippen LogP contribution >= 0.6 is 11.3 Å². The van der Waals surface area contributed by atoms with E-state index < -0.39 is 0 Å². The fourth-order valence-corrected chi connectivity index (χ4v) is 5.44. The Hall–Kier alpha value is -3.54. The van der Waals surface area contributed by atoms with Crippen molar-refractivity contribution in [3.05, 3.63) is 58.9 Å². The molecule has 1 aromatic heterocycles. The molecule has 7 nitrogen and oxygen atoms in total. The number of aromatic nitrogens is 1. The Bertz CT molecular complexity index is 1220. The number of aliphatic hydroxyl groups is 1. The van der Waals surface area contributed by atoms with Gasteiger partial charge in [-0.1, -0.05) is 36.4 Å². The molecule has 8 heteroatoms. The summed E-state index contributed by atoms with van der Waals surface area (Å²) in [6.07, 6.45) is 7.77. The molecule has 0 bridgehead atoms. The SMILES string of the molecule is C#Cc1nc(NC(=O)N2CCN(c3ccc(-c4ccccc4)cc3N3CCCC3)CC2CO)cs1. The van der Waals surface area contributed by atoms with E-state index in [1.165, 1.54) is 41.0 Å². The van der Waals surface area contributed by atoms with Crippen molar-refractivity contribution in [3.63, 3.8) is 0 Å². The second kappa shape index (κ2) is 10.4. The number of anilines is 3. The molecule has 0 radical (unpaired) electrons. The lowest BCUT2D eigenvalue weighted by Gasteiger charge is -2.42. The molecule has 3 aromatic rings. The van der Waals surface area contributed by atoms with E-state index in [4.69, 9.17) is 6.42 Å². The van der Waals surface area contributed by atoms with Crippen LogP contribution in [-0.2, 0) is 0 Å². The number of hydrogen-bond acceptors (Lipinski definition) is 6. The quantitative estimate of drug-likeness (QED) is 0.530. The third-order valence-corrected chi connectivity index (χ3v) is 7.46. The fraction of sp³-hybridized carbons (Fsp3) is 0.333. The zero-order chi connectivity index (χ0) is 24.2. The number of thiazole rings is 1. The van der Waals surface area contributed by atoms with E-state index in [2.05, 4.69) is 68.5 Å². The molecular weight excluding hydrogens is 458 g/mol. The predicted molar refractivity (Wildman–Crippen MR) is 142 cm³/mol. The summed E-state index contributed by atoms with van der Waals surface area (Å²) in [6.45, 7) is 3.72. The summed E-state index contributed by atoms with van der Waals surface area (Å²) < 4.78 is 0. The lowest BCUT2D eigenvalue weighted by atomic mass is 10.0. The van der Waals surface area contributed by atoms with E-state index in [0.717, 1.165) is 18.8 Å². The van der Waals surface area contributed by atoms with E-state index >= 15 is 0 Å². The van der Waals surface area contributed by atoms with Gasteiger partial charge in [0.05, 0.1) is 24.0 Å². The Balaban J connectivity index is 1.36. The first kappa shape index (κ1) is 23.2. The topological polar surface area (TPSA) is 71.9 Å². The van der Waals surface area contributed by atoms with Gasteiger partial charge in [-0.15, -0.1) is 17.8 Å². The third kappa shape index (κ3) is 4.97. The molecule has 35 heavy (non-hydrogen) atoms. The molecule has 2 N–H and O–H groups in total. The number of urea groups is 1. The summed E-state index contributed by atoms with van der Waals surface area (Å²) in [5.74, 6) is 2.92. The number of terminal acetylenes is 1. The molecule has 2 amide bonds. The van der Waals surface area contributed by atoms with Gasteiger partial charge in [-0.2, -0.15) is 0 Å². The molecule has 2 aliphatic heterocycles. The molecule has 0 spiro atoms. The summed E-state index contributed by atoms with van der Waals surface area (Å²) in [5.41, 5.74) is 4.78. The van der Waals surface area contributed by atoms with Crippen LogP contribution < -0.4 is 15.1 Å². The van der Waals surface area contributed by atoms with E-state index in [-0.39, 0.29) is 18.7 Å². The second-order valence-electron chi connectivity index (χ2n) is 8.85. The fourth-order valence-electron chi connectivity index (χ4n) is 4.89. The molecule has 1 unspecified atom stereocenters. The van der Waals surface area contributed by atoms with Crippen LogP contribution in [0.15, 0.2) is 53.9 Å². The number of nitrogens with one attached hydrogen (secondary N) is 1. The summed E-state index contributed by atoms with van der Waals surface area (Å²) in [7, 11) is 0. The average molecular weight is 488 g/mol. The van der Waals surface area contributed by atoms with Crippen molar-refractivity contribution in [1.82, 2.24) is 9.88 Å². The normalized spacial score (nSPS) is 17.9. The maximum atomic E-state index is 12.9. The molecule has 2 aliphatic rings. The highest BCUT2D eigenvalue weighted by molar-refractivity contribution is 7.10. The van der Waals surface area contributed by atoms with Crippen LogP contribution in [-0.4, -0.2) is 66.4 Å². The Labute approximate surface area is 210 Å². The highest BCUT2D eigenvalue weighted by atomic mass is 32.1. The summed E-state index contributed by atoms with van der Waals surface area (Å²) in [4.78, 5) is 23.6. The monoisotopic (exact) mass is 487 g/mol. The Morgan fingerprint density at radius 3 is 2.57 bits per heavy atom. The minimum atomic E-state index is -0.324. The minimum Gasteiger partial charge on any atom is -0.394 e. The molecule has 1 atom stereocenters. The number of rotatable bonds is 5. The van der Waals surface area contributed by atoms with Crippen LogP contribution in [0.3, 0.4) is 0 Å². The number of carbonyl (C=O) groups excluding carboxylic acids is 1. The van der Waals surface area contributed by atoms with Crippen molar-refractivity contribution in [1.29, 1.82) is 0 Å². The van der Waals surface area contributed by atoms with Gasteiger partial charge in [0.2, 0.25) is 0 Å². The Kier molecular flexibility index (Phi) is 6.89. The maximum Gasteiger partial charge on any atom is 0.323 e. The van der Waals surface area contributed by atoms with Gasteiger partial charge < -0.3 is 19.8 Å². The van der Waals surface area contributed by atoms with Gasteiger partial charge in [0.15, 0.2) is 5.01 Å². The van der Waals surface area contributed by atoms with E-state index in [1.54, 1.807) is 10.3 Å². The largest absolute Gasteiger partial charge is 0.394 e. The highest BCUT2D eigenvalue weighted by Gasteiger charge is 2.32. The van der Waals surface area contributed by atoms with Crippen LogP contribution in [0.2, 0.25) is 0 Å². The maximum absolute atomic E-state index is 12.9. The molecular formula is C27H29N5O2S. The number of aliphatic hydroxyl groups excluding tert-OH is 1. The average Bonchev–Trinajstić information content (AvgIpc) is 3.61. The van der Waals surface area contributed by atoms with Crippen molar-refractivity contribution >= 4 is 34.6 Å². The molecule has 2 aromatic carbocycles. The minimum absolute atomic E-state index is 0.113. The smallest absolute Gasteiger partial charge is 0.323 e. The number of piperazine rings is 1. The third-order valence-electron chi connectivity index (χ3n) is 6.69. The van der Waals surface area contributed by atoms with Gasteiger partial charge in [-0.05, 0) is 42.0 Å². The lowest BCUT2D eigenvalue weighted by molar-refractivity contribution is 0.132.